The maximum atomic E-state index is 14.5. The van der Waals surface area contributed by atoms with Crippen LogP contribution in [0, 0.1) is 0 Å². The SMILES string of the molecule is CC(C)(C)[Si](C)(C)OC(CC(=O)C=P)C(C(=O)Oc1ccccc1)(c1ccccc1)c1ccccc1. The first-order valence-electron chi connectivity index (χ1n) is 12.1. The first kappa shape index (κ1) is 27.7. The van der Waals surface area contributed by atoms with Gasteiger partial charge in [0, 0.05) is 12.2 Å². The van der Waals surface area contributed by atoms with Gasteiger partial charge in [0.25, 0.3) is 0 Å². The summed E-state index contributed by atoms with van der Waals surface area (Å²) in [5.41, 5.74) is 0.0314. The molecule has 6 heteroatoms. The molecule has 0 aliphatic heterocycles. The lowest BCUT2D eigenvalue weighted by atomic mass is 9.69. The van der Waals surface area contributed by atoms with E-state index in [0.717, 1.165) is 0 Å². The van der Waals surface area contributed by atoms with Crippen molar-refractivity contribution in [1.82, 2.24) is 0 Å². The highest BCUT2D eigenvalue weighted by atomic mass is 31.0. The van der Waals surface area contributed by atoms with E-state index in [1.807, 2.05) is 78.9 Å². The van der Waals surface area contributed by atoms with E-state index in [-0.39, 0.29) is 17.2 Å². The van der Waals surface area contributed by atoms with Gasteiger partial charge in [-0.3, -0.25) is 9.59 Å². The highest BCUT2D eigenvalue weighted by molar-refractivity contribution is 7.22. The zero-order chi connectivity index (χ0) is 26.4. The Bertz CT molecular complexity index is 1130. The number of ketones is 1. The van der Waals surface area contributed by atoms with Crippen molar-refractivity contribution in [2.24, 2.45) is 0 Å². The Labute approximate surface area is 218 Å². The van der Waals surface area contributed by atoms with Crippen LogP contribution in [-0.2, 0) is 19.4 Å². The second-order valence-electron chi connectivity index (χ2n) is 10.4. The third-order valence-corrected chi connectivity index (χ3v) is 11.8. The van der Waals surface area contributed by atoms with Crippen LogP contribution in [-0.4, -0.2) is 32.0 Å². The highest BCUT2D eigenvalue weighted by Gasteiger charge is 2.54. The van der Waals surface area contributed by atoms with Gasteiger partial charge < -0.3 is 9.16 Å². The molecule has 0 saturated carbocycles. The van der Waals surface area contributed by atoms with Crippen LogP contribution in [0.2, 0.25) is 18.1 Å². The molecule has 0 radical (unpaired) electrons. The van der Waals surface area contributed by atoms with Crippen molar-refractivity contribution in [2.45, 2.75) is 56.8 Å². The fourth-order valence-electron chi connectivity index (χ4n) is 4.04. The van der Waals surface area contributed by atoms with Gasteiger partial charge in [0.1, 0.15) is 11.2 Å². The molecule has 0 N–H and O–H groups in total. The van der Waals surface area contributed by atoms with Crippen molar-refractivity contribution < 1.29 is 18.8 Å². The van der Waals surface area contributed by atoms with Gasteiger partial charge in [-0.15, -0.1) is 8.86 Å². The molecule has 0 saturated heterocycles. The second kappa shape index (κ2) is 11.5. The van der Waals surface area contributed by atoms with E-state index < -0.39 is 25.8 Å². The van der Waals surface area contributed by atoms with Gasteiger partial charge in [0.2, 0.25) is 0 Å². The van der Waals surface area contributed by atoms with E-state index in [9.17, 15) is 9.59 Å². The van der Waals surface area contributed by atoms with E-state index in [0.29, 0.717) is 16.9 Å². The summed E-state index contributed by atoms with van der Waals surface area (Å²) in [6.07, 6.45) is -0.802. The molecule has 0 aliphatic rings. The zero-order valence-electron chi connectivity index (χ0n) is 21.7. The smallest absolute Gasteiger partial charge is 0.329 e. The van der Waals surface area contributed by atoms with Crippen LogP contribution in [0.15, 0.2) is 91.0 Å². The molecule has 0 amide bonds. The van der Waals surface area contributed by atoms with Gasteiger partial charge in [0.15, 0.2) is 14.1 Å². The summed E-state index contributed by atoms with van der Waals surface area (Å²) in [7, 11) is 0.801. The minimum atomic E-state index is -2.45. The molecule has 0 aromatic heterocycles. The quantitative estimate of drug-likeness (QED) is 0.127. The predicted molar refractivity (Wildman–Crippen MR) is 152 cm³/mol. The summed E-state index contributed by atoms with van der Waals surface area (Å²) in [5, 5.41) is -0.144. The highest BCUT2D eigenvalue weighted by Crippen LogP contribution is 2.45. The first-order valence-corrected chi connectivity index (χ1v) is 15.6. The van der Waals surface area contributed by atoms with Gasteiger partial charge in [0.05, 0.1) is 6.10 Å². The maximum absolute atomic E-state index is 14.5. The van der Waals surface area contributed by atoms with Gasteiger partial charge in [-0.05, 0) is 41.4 Å². The molecule has 0 bridgehead atoms. The topological polar surface area (TPSA) is 52.6 Å². The molecule has 3 aromatic carbocycles. The number of carbonyl (C=O) groups is 2. The lowest BCUT2D eigenvalue weighted by Crippen LogP contribution is -2.56. The number of carbonyl (C=O) groups excluding carboxylic acids is 2. The Kier molecular flexibility index (Phi) is 8.83. The minimum absolute atomic E-state index is 0.00366. The van der Waals surface area contributed by atoms with Crippen LogP contribution in [0.4, 0.5) is 0 Å². The number of hydrogen-bond donors (Lipinski definition) is 0. The van der Waals surface area contributed by atoms with E-state index >= 15 is 0 Å². The number of benzene rings is 3. The summed E-state index contributed by atoms with van der Waals surface area (Å²) >= 11 is 0. The molecule has 3 aromatic rings. The molecule has 1 unspecified atom stereocenters. The molecule has 0 heterocycles. The molecular weight excluding hydrogens is 483 g/mol. The third-order valence-electron chi connectivity index (χ3n) is 7.01. The number of para-hydroxylation sites is 1. The molecular formula is C30H35O4PSi. The van der Waals surface area contributed by atoms with E-state index in [1.165, 1.54) is 5.80 Å². The fraction of sp³-hybridized carbons (Fsp3) is 0.300. The second-order valence-corrected chi connectivity index (χ2v) is 15.5. The minimum Gasteiger partial charge on any atom is -0.426 e. The average Bonchev–Trinajstić information content (AvgIpc) is 2.85. The monoisotopic (exact) mass is 518 g/mol. The Balaban J connectivity index is 2.34. The van der Waals surface area contributed by atoms with E-state index in [4.69, 9.17) is 9.16 Å². The number of ether oxygens (including phenoxy) is 1. The number of hydrogen-bond acceptors (Lipinski definition) is 4. The van der Waals surface area contributed by atoms with Crippen LogP contribution in [0.25, 0.3) is 0 Å². The summed E-state index contributed by atoms with van der Waals surface area (Å²) < 4.78 is 13.0. The average molecular weight is 519 g/mol. The summed E-state index contributed by atoms with van der Waals surface area (Å²) in [4.78, 5) is 27.4. The third kappa shape index (κ3) is 5.92. The van der Waals surface area contributed by atoms with Gasteiger partial charge in [-0.2, -0.15) is 0 Å². The summed E-state index contributed by atoms with van der Waals surface area (Å²) in [6, 6.07) is 28.0. The van der Waals surface area contributed by atoms with Gasteiger partial charge >= 0.3 is 5.97 Å². The predicted octanol–water partition coefficient (Wildman–Crippen LogP) is 6.87. The van der Waals surface area contributed by atoms with E-state index in [2.05, 4.69) is 42.7 Å². The molecule has 4 nitrogen and oxygen atoms in total. The molecule has 3 rings (SSSR count). The Morgan fingerprint density at radius 1 is 0.833 bits per heavy atom. The normalized spacial score (nSPS) is 13.0. The molecule has 188 valence electrons. The van der Waals surface area contributed by atoms with Crippen molar-refractivity contribution in [1.29, 1.82) is 0 Å². The van der Waals surface area contributed by atoms with Gasteiger partial charge in [-0.25, -0.2) is 0 Å². The molecule has 1 atom stereocenters. The van der Waals surface area contributed by atoms with Crippen molar-refractivity contribution in [2.75, 3.05) is 0 Å². The van der Waals surface area contributed by atoms with Crippen LogP contribution in [0.1, 0.15) is 38.3 Å². The van der Waals surface area contributed by atoms with Crippen LogP contribution in [0.5, 0.6) is 5.75 Å². The molecule has 0 aliphatic carbocycles. The lowest BCUT2D eigenvalue weighted by Gasteiger charge is -2.46. The summed E-state index contributed by atoms with van der Waals surface area (Å²) in [6.45, 7) is 10.7. The van der Waals surface area contributed by atoms with Crippen molar-refractivity contribution in [3.8, 4) is 5.75 Å². The Hall–Kier alpha value is -2.85. The van der Waals surface area contributed by atoms with Crippen LogP contribution >= 0.6 is 8.86 Å². The standard InChI is InChI=1S/C30H35O4PSi/c1-29(2,3)36(4,5)34-27(21-25(31)22-35)30(23-15-9-6-10-16-23,24-17-11-7-12-18-24)28(32)33-26-19-13-8-14-20-26/h6-20,22,27,35H,21H2,1-5H3. The zero-order valence-corrected chi connectivity index (χ0v) is 23.7. The molecule has 36 heavy (non-hydrogen) atoms. The van der Waals surface area contributed by atoms with Crippen molar-refractivity contribution in [3.05, 3.63) is 102 Å². The molecule has 0 spiro atoms. The fourth-order valence-corrected chi connectivity index (χ4v) is 5.48. The Morgan fingerprint density at radius 3 is 1.69 bits per heavy atom. The van der Waals surface area contributed by atoms with Gasteiger partial charge in [-0.1, -0.05) is 99.6 Å². The van der Waals surface area contributed by atoms with Crippen LogP contribution in [0.3, 0.4) is 0 Å². The van der Waals surface area contributed by atoms with Crippen molar-refractivity contribution >= 4 is 34.7 Å². The van der Waals surface area contributed by atoms with Crippen LogP contribution < -0.4 is 4.74 Å². The van der Waals surface area contributed by atoms with Crippen molar-refractivity contribution in [3.63, 3.8) is 0 Å². The number of Topliss-reactive ketones (excluding diaryl/α,β-unsaturated/α-hetero) is 1. The Morgan fingerprint density at radius 2 is 1.28 bits per heavy atom. The first-order chi connectivity index (χ1) is 17.0. The summed E-state index contributed by atoms with van der Waals surface area (Å²) in [5.74, 6) is 1.13. The number of rotatable bonds is 10. The van der Waals surface area contributed by atoms with E-state index in [1.54, 1.807) is 12.1 Å². The largest absolute Gasteiger partial charge is 0.426 e. The molecule has 0 fully saturated rings. The maximum Gasteiger partial charge on any atom is 0.329 e. The lowest BCUT2D eigenvalue weighted by molar-refractivity contribution is -0.143. The number of esters is 1.